The minimum absolute atomic E-state index is 0.299. The van der Waals surface area contributed by atoms with Crippen molar-refractivity contribution < 1.29 is 9.53 Å². The highest BCUT2D eigenvalue weighted by Gasteiger charge is 2.27. The highest BCUT2D eigenvalue weighted by atomic mass is 16.5. The molecule has 4 heteroatoms. The second-order valence-corrected chi connectivity index (χ2v) is 5.02. The van der Waals surface area contributed by atoms with Crippen molar-refractivity contribution >= 4 is 5.91 Å². The van der Waals surface area contributed by atoms with E-state index in [-0.39, 0.29) is 0 Å². The van der Waals surface area contributed by atoms with Gasteiger partial charge in [0.15, 0.2) is 0 Å². The van der Waals surface area contributed by atoms with Crippen LogP contribution in [0.2, 0.25) is 0 Å². The number of carbonyl (C=O) groups is 1. The van der Waals surface area contributed by atoms with Gasteiger partial charge in [-0.25, -0.2) is 0 Å². The van der Waals surface area contributed by atoms with Crippen LogP contribution in [0, 0.1) is 0 Å². The molecule has 2 rings (SSSR count). The van der Waals surface area contributed by atoms with E-state index in [0.717, 1.165) is 39.1 Å². The molecule has 0 bridgehead atoms. The summed E-state index contributed by atoms with van der Waals surface area (Å²) < 4.78 is 5.66. The Hall–Kier alpha value is -0.610. The van der Waals surface area contributed by atoms with Crippen LogP contribution < -0.4 is 5.32 Å². The molecular weight excluding hydrogens is 216 g/mol. The number of hydrogen-bond donors (Lipinski definition) is 1. The van der Waals surface area contributed by atoms with Gasteiger partial charge in [-0.05, 0) is 32.6 Å². The minimum Gasteiger partial charge on any atom is -0.378 e. The average Bonchev–Trinajstić information content (AvgIpc) is 2.31. The molecule has 4 nitrogen and oxygen atoms in total. The third-order valence-electron chi connectivity index (χ3n) is 3.82. The molecule has 2 saturated heterocycles. The van der Waals surface area contributed by atoms with Gasteiger partial charge in [0.05, 0.1) is 12.1 Å². The molecule has 1 unspecified atom stereocenters. The normalized spacial score (nSPS) is 25.4. The van der Waals surface area contributed by atoms with Crippen LogP contribution >= 0.6 is 0 Å². The molecule has 2 fully saturated rings. The van der Waals surface area contributed by atoms with E-state index in [9.17, 15) is 4.79 Å². The number of rotatable bonds is 5. The zero-order valence-electron chi connectivity index (χ0n) is 10.8. The first-order valence-corrected chi connectivity index (χ1v) is 6.93. The standard InChI is InChI=1S/C13H24N2O2/c1-2-15(11-9-14-10-11)13(16)7-6-12-5-3-4-8-17-12/h11-12,14H,2-10H2,1H3. The maximum Gasteiger partial charge on any atom is 0.222 e. The Morgan fingerprint density at radius 1 is 1.41 bits per heavy atom. The van der Waals surface area contributed by atoms with Crippen LogP contribution in [-0.2, 0) is 9.53 Å². The Bertz CT molecular complexity index is 248. The fourth-order valence-corrected chi connectivity index (χ4v) is 2.60. The van der Waals surface area contributed by atoms with Crippen molar-refractivity contribution in [3.8, 4) is 0 Å². The lowest BCUT2D eigenvalue weighted by Gasteiger charge is -2.38. The summed E-state index contributed by atoms with van der Waals surface area (Å²) in [5.41, 5.74) is 0. The van der Waals surface area contributed by atoms with E-state index in [0.29, 0.717) is 24.5 Å². The molecular formula is C13H24N2O2. The number of likely N-dealkylation sites (N-methyl/N-ethyl adjacent to an activating group) is 1. The molecule has 0 aliphatic carbocycles. The molecule has 0 radical (unpaired) electrons. The van der Waals surface area contributed by atoms with Crippen LogP contribution in [0.15, 0.2) is 0 Å². The number of carbonyl (C=O) groups excluding carboxylic acids is 1. The summed E-state index contributed by atoms with van der Waals surface area (Å²) in [4.78, 5) is 14.1. The van der Waals surface area contributed by atoms with E-state index >= 15 is 0 Å². The monoisotopic (exact) mass is 240 g/mol. The maximum absolute atomic E-state index is 12.1. The SMILES string of the molecule is CCN(C(=O)CCC1CCCCO1)C1CNC1. The molecule has 2 heterocycles. The molecule has 0 saturated carbocycles. The van der Waals surface area contributed by atoms with Gasteiger partial charge in [0, 0.05) is 32.7 Å². The molecule has 2 aliphatic heterocycles. The number of hydrogen-bond acceptors (Lipinski definition) is 3. The van der Waals surface area contributed by atoms with E-state index in [1.54, 1.807) is 0 Å². The second-order valence-electron chi connectivity index (χ2n) is 5.02. The van der Waals surface area contributed by atoms with Crippen molar-refractivity contribution in [2.75, 3.05) is 26.2 Å². The van der Waals surface area contributed by atoms with Crippen molar-refractivity contribution in [3.05, 3.63) is 0 Å². The lowest BCUT2D eigenvalue weighted by Crippen LogP contribution is -2.58. The van der Waals surface area contributed by atoms with Gasteiger partial charge < -0.3 is 15.0 Å². The third kappa shape index (κ3) is 3.42. The van der Waals surface area contributed by atoms with Crippen LogP contribution in [-0.4, -0.2) is 49.2 Å². The Balaban J connectivity index is 1.71. The molecule has 0 aromatic heterocycles. The predicted molar refractivity (Wildman–Crippen MR) is 66.9 cm³/mol. The number of ether oxygens (including phenoxy) is 1. The first-order valence-electron chi connectivity index (χ1n) is 6.93. The molecule has 0 aromatic rings. The van der Waals surface area contributed by atoms with Gasteiger partial charge in [0.2, 0.25) is 5.91 Å². The van der Waals surface area contributed by atoms with Crippen molar-refractivity contribution in [3.63, 3.8) is 0 Å². The number of amides is 1. The topological polar surface area (TPSA) is 41.6 Å². The quantitative estimate of drug-likeness (QED) is 0.784. The first kappa shape index (κ1) is 12.8. The summed E-state index contributed by atoms with van der Waals surface area (Å²) in [6.45, 7) is 5.69. The fourth-order valence-electron chi connectivity index (χ4n) is 2.60. The molecule has 0 spiro atoms. The van der Waals surface area contributed by atoms with Crippen molar-refractivity contribution in [2.45, 2.75) is 51.2 Å². The third-order valence-corrected chi connectivity index (χ3v) is 3.82. The van der Waals surface area contributed by atoms with E-state index < -0.39 is 0 Å². The smallest absolute Gasteiger partial charge is 0.222 e. The van der Waals surface area contributed by atoms with E-state index in [1.165, 1.54) is 12.8 Å². The van der Waals surface area contributed by atoms with Gasteiger partial charge in [0.25, 0.3) is 0 Å². The van der Waals surface area contributed by atoms with E-state index in [4.69, 9.17) is 4.74 Å². The Morgan fingerprint density at radius 2 is 2.24 bits per heavy atom. The highest BCUT2D eigenvalue weighted by molar-refractivity contribution is 5.76. The number of nitrogens with zero attached hydrogens (tertiary/aromatic N) is 1. The average molecular weight is 240 g/mol. The minimum atomic E-state index is 0.299. The van der Waals surface area contributed by atoms with Crippen molar-refractivity contribution in [1.82, 2.24) is 10.2 Å². The van der Waals surface area contributed by atoms with Crippen LogP contribution in [0.4, 0.5) is 0 Å². The van der Waals surface area contributed by atoms with E-state index in [2.05, 4.69) is 12.2 Å². The summed E-state index contributed by atoms with van der Waals surface area (Å²) in [7, 11) is 0. The zero-order valence-corrected chi connectivity index (χ0v) is 10.8. The van der Waals surface area contributed by atoms with Gasteiger partial charge in [-0.15, -0.1) is 0 Å². The van der Waals surface area contributed by atoms with Crippen LogP contribution in [0.3, 0.4) is 0 Å². The molecule has 1 N–H and O–H groups in total. The first-order chi connectivity index (χ1) is 8.31. The summed E-state index contributed by atoms with van der Waals surface area (Å²) in [5.74, 6) is 0.299. The lowest BCUT2D eigenvalue weighted by molar-refractivity contribution is -0.135. The molecule has 98 valence electrons. The van der Waals surface area contributed by atoms with Gasteiger partial charge in [-0.1, -0.05) is 0 Å². The largest absolute Gasteiger partial charge is 0.378 e. The summed E-state index contributed by atoms with van der Waals surface area (Å²) >= 11 is 0. The second kappa shape index (κ2) is 6.36. The molecule has 17 heavy (non-hydrogen) atoms. The fraction of sp³-hybridized carbons (Fsp3) is 0.923. The summed E-state index contributed by atoms with van der Waals surface area (Å²) in [5, 5.41) is 3.22. The molecule has 1 atom stereocenters. The van der Waals surface area contributed by atoms with Gasteiger partial charge >= 0.3 is 0 Å². The van der Waals surface area contributed by atoms with Crippen LogP contribution in [0.25, 0.3) is 0 Å². The molecule has 1 amide bonds. The summed E-state index contributed by atoms with van der Waals surface area (Å²) in [6, 6.07) is 0.430. The highest BCUT2D eigenvalue weighted by Crippen LogP contribution is 2.18. The lowest BCUT2D eigenvalue weighted by atomic mass is 10.0. The van der Waals surface area contributed by atoms with Crippen molar-refractivity contribution in [2.24, 2.45) is 0 Å². The Labute approximate surface area is 104 Å². The van der Waals surface area contributed by atoms with Crippen molar-refractivity contribution in [1.29, 1.82) is 0 Å². The zero-order chi connectivity index (χ0) is 12.1. The molecule has 0 aromatic carbocycles. The van der Waals surface area contributed by atoms with Crippen LogP contribution in [0.5, 0.6) is 0 Å². The summed E-state index contributed by atoms with van der Waals surface area (Å²) in [6.07, 6.45) is 5.43. The molecule has 2 aliphatic rings. The predicted octanol–water partition coefficient (Wildman–Crippen LogP) is 1.16. The Kier molecular flexibility index (Phi) is 4.80. The van der Waals surface area contributed by atoms with Gasteiger partial charge in [-0.3, -0.25) is 4.79 Å². The maximum atomic E-state index is 12.1. The van der Waals surface area contributed by atoms with Gasteiger partial charge in [0.1, 0.15) is 0 Å². The number of nitrogens with one attached hydrogen (secondary N) is 1. The van der Waals surface area contributed by atoms with Gasteiger partial charge in [-0.2, -0.15) is 0 Å². The van der Waals surface area contributed by atoms with E-state index in [1.807, 2.05) is 4.90 Å². The van der Waals surface area contributed by atoms with Crippen LogP contribution in [0.1, 0.15) is 39.0 Å². The Morgan fingerprint density at radius 3 is 2.76 bits per heavy atom.